The van der Waals surface area contributed by atoms with Gasteiger partial charge in [0.1, 0.15) is 10.8 Å². The SMILES string of the molecule is Cn1cncc1-c1nc(Cl)c2c(n1)CCCCC2. The Morgan fingerprint density at radius 2 is 2.00 bits per heavy atom. The monoisotopic (exact) mass is 262 g/mol. The van der Waals surface area contributed by atoms with Crippen molar-refractivity contribution >= 4 is 11.6 Å². The summed E-state index contributed by atoms with van der Waals surface area (Å²) in [6.45, 7) is 0. The number of rotatable bonds is 1. The molecule has 2 aromatic rings. The van der Waals surface area contributed by atoms with Crippen LogP contribution in [0.5, 0.6) is 0 Å². The molecule has 0 saturated carbocycles. The van der Waals surface area contributed by atoms with Crippen LogP contribution in [0.25, 0.3) is 11.5 Å². The maximum atomic E-state index is 6.31. The van der Waals surface area contributed by atoms with Crippen LogP contribution in [-0.4, -0.2) is 19.5 Å². The minimum atomic E-state index is 0.609. The fourth-order valence-corrected chi connectivity index (χ4v) is 2.70. The molecule has 5 heteroatoms. The molecule has 1 aliphatic carbocycles. The van der Waals surface area contributed by atoms with Gasteiger partial charge in [0.25, 0.3) is 0 Å². The van der Waals surface area contributed by atoms with E-state index in [1.165, 1.54) is 19.3 Å². The third-order valence-electron chi connectivity index (χ3n) is 3.43. The second-order valence-corrected chi connectivity index (χ2v) is 5.07. The van der Waals surface area contributed by atoms with E-state index < -0.39 is 0 Å². The highest BCUT2D eigenvalue weighted by molar-refractivity contribution is 6.30. The molecule has 1 aliphatic rings. The molecule has 0 radical (unpaired) electrons. The Morgan fingerprint density at radius 1 is 1.17 bits per heavy atom. The van der Waals surface area contributed by atoms with Crippen molar-refractivity contribution in [3.8, 4) is 11.5 Å². The van der Waals surface area contributed by atoms with E-state index in [1.54, 1.807) is 12.5 Å². The average molecular weight is 263 g/mol. The zero-order chi connectivity index (χ0) is 12.5. The standard InChI is InChI=1S/C13H15ClN4/c1-18-8-15-7-11(18)13-16-10-6-4-2-3-5-9(10)12(14)17-13/h7-8H,2-6H2,1H3. The first-order valence-electron chi connectivity index (χ1n) is 6.27. The molecule has 2 heterocycles. The molecule has 0 N–H and O–H groups in total. The first-order valence-corrected chi connectivity index (χ1v) is 6.65. The molecule has 0 saturated heterocycles. The van der Waals surface area contributed by atoms with Crippen LogP contribution >= 0.6 is 11.6 Å². The molecule has 3 rings (SSSR count). The quantitative estimate of drug-likeness (QED) is 0.586. The molecule has 0 unspecified atom stereocenters. The Balaban J connectivity index is 2.11. The van der Waals surface area contributed by atoms with Crippen molar-refractivity contribution < 1.29 is 0 Å². The topological polar surface area (TPSA) is 43.6 Å². The maximum absolute atomic E-state index is 6.31. The highest BCUT2D eigenvalue weighted by atomic mass is 35.5. The summed E-state index contributed by atoms with van der Waals surface area (Å²) in [5.41, 5.74) is 3.16. The highest BCUT2D eigenvalue weighted by Gasteiger charge is 2.17. The normalized spacial score (nSPS) is 15.2. The van der Waals surface area contributed by atoms with Gasteiger partial charge in [-0.15, -0.1) is 0 Å². The number of hydrogen-bond donors (Lipinski definition) is 0. The molecule has 94 valence electrons. The van der Waals surface area contributed by atoms with Gasteiger partial charge < -0.3 is 4.57 Å². The van der Waals surface area contributed by atoms with E-state index in [2.05, 4.69) is 15.0 Å². The van der Waals surface area contributed by atoms with Crippen LogP contribution in [0.3, 0.4) is 0 Å². The molecule has 18 heavy (non-hydrogen) atoms. The number of nitrogens with zero attached hydrogens (tertiary/aromatic N) is 4. The summed E-state index contributed by atoms with van der Waals surface area (Å²) in [4.78, 5) is 13.2. The molecule has 0 aromatic carbocycles. The van der Waals surface area contributed by atoms with E-state index in [0.29, 0.717) is 11.0 Å². The molecular formula is C13H15ClN4. The van der Waals surface area contributed by atoms with Crippen LogP contribution in [0.2, 0.25) is 5.15 Å². The predicted octanol–water partition coefficient (Wildman–Crippen LogP) is 2.80. The van der Waals surface area contributed by atoms with Crippen LogP contribution in [-0.2, 0) is 19.9 Å². The molecule has 0 amide bonds. The Labute approximate surface area is 111 Å². The minimum Gasteiger partial charge on any atom is -0.331 e. The van der Waals surface area contributed by atoms with Gasteiger partial charge in [-0.2, -0.15) is 0 Å². The molecular weight excluding hydrogens is 248 g/mol. The third-order valence-corrected chi connectivity index (χ3v) is 3.74. The molecule has 4 nitrogen and oxygen atoms in total. The molecule has 0 fully saturated rings. The molecule has 0 spiro atoms. The Kier molecular flexibility index (Phi) is 3.04. The Bertz CT molecular complexity index is 576. The highest BCUT2D eigenvalue weighted by Crippen LogP contribution is 2.27. The first-order chi connectivity index (χ1) is 8.75. The lowest BCUT2D eigenvalue weighted by atomic mass is 10.1. The number of imidazole rings is 1. The van der Waals surface area contributed by atoms with E-state index in [4.69, 9.17) is 11.6 Å². The third kappa shape index (κ3) is 2.01. The largest absolute Gasteiger partial charge is 0.331 e. The van der Waals surface area contributed by atoms with Crippen molar-refractivity contribution in [1.82, 2.24) is 19.5 Å². The lowest BCUT2D eigenvalue weighted by Gasteiger charge is -2.09. The number of aromatic nitrogens is 4. The van der Waals surface area contributed by atoms with Crippen LogP contribution < -0.4 is 0 Å². The molecule has 2 aromatic heterocycles. The fourth-order valence-electron chi connectivity index (χ4n) is 2.41. The van der Waals surface area contributed by atoms with Gasteiger partial charge in [0.05, 0.1) is 12.5 Å². The van der Waals surface area contributed by atoms with E-state index in [-0.39, 0.29) is 0 Å². The van der Waals surface area contributed by atoms with Gasteiger partial charge in [-0.05, 0) is 25.7 Å². The number of fused-ring (bicyclic) bond motifs is 1. The van der Waals surface area contributed by atoms with Gasteiger partial charge in [-0.25, -0.2) is 15.0 Å². The van der Waals surface area contributed by atoms with Crippen molar-refractivity contribution in [2.45, 2.75) is 32.1 Å². The minimum absolute atomic E-state index is 0.609. The zero-order valence-electron chi connectivity index (χ0n) is 10.4. The van der Waals surface area contributed by atoms with Crippen LogP contribution in [0.1, 0.15) is 30.5 Å². The van der Waals surface area contributed by atoms with Crippen LogP contribution in [0, 0.1) is 0 Å². The smallest absolute Gasteiger partial charge is 0.179 e. The number of hydrogen-bond acceptors (Lipinski definition) is 3. The van der Waals surface area contributed by atoms with Crippen LogP contribution in [0.4, 0.5) is 0 Å². The first kappa shape index (κ1) is 11.7. The second kappa shape index (κ2) is 4.69. The van der Waals surface area contributed by atoms with E-state index in [1.807, 2.05) is 11.6 Å². The van der Waals surface area contributed by atoms with Gasteiger partial charge in [-0.1, -0.05) is 18.0 Å². The summed E-state index contributed by atoms with van der Waals surface area (Å²) in [5, 5.41) is 0.609. The summed E-state index contributed by atoms with van der Waals surface area (Å²) in [5.74, 6) is 0.681. The van der Waals surface area contributed by atoms with Gasteiger partial charge in [0.15, 0.2) is 5.82 Å². The van der Waals surface area contributed by atoms with Gasteiger partial charge in [0, 0.05) is 18.3 Å². The van der Waals surface area contributed by atoms with Gasteiger partial charge in [-0.3, -0.25) is 0 Å². The zero-order valence-corrected chi connectivity index (χ0v) is 11.1. The summed E-state index contributed by atoms with van der Waals surface area (Å²) in [7, 11) is 1.94. The Hall–Kier alpha value is -1.42. The predicted molar refractivity (Wildman–Crippen MR) is 70.5 cm³/mol. The van der Waals surface area contributed by atoms with E-state index >= 15 is 0 Å². The molecule has 0 aliphatic heterocycles. The van der Waals surface area contributed by atoms with Crippen molar-refractivity contribution in [3.05, 3.63) is 28.9 Å². The maximum Gasteiger partial charge on any atom is 0.179 e. The summed E-state index contributed by atoms with van der Waals surface area (Å²) >= 11 is 6.31. The lowest BCUT2D eigenvalue weighted by molar-refractivity contribution is 0.708. The van der Waals surface area contributed by atoms with Crippen molar-refractivity contribution in [2.75, 3.05) is 0 Å². The van der Waals surface area contributed by atoms with E-state index in [0.717, 1.165) is 29.8 Å². The number of halogens is 1. The van der Waals surface area contributed by atoms with Gasteiger partial charge in [0.2, 0.25) is 0 Å². The van der Waals surface area contributed by atoms with Gasteiger partial charge >= 0.3 is 0 Å². The fraction of sp³-hybridized carbons (Fsp3) is 0.462. The van der Waals surface area contributed by atoms with Crippen LogP contribution in [0.15, 0.2) is 12.5 Å². The second-order valence-electron chi connectivity index (χ2n) is 4.71. The summed E-state index contributed by atoms with van der Waals surface area (Å²) < 4.78 is 1.91. The van der Waals surface area contributed by atoms with Crippen molar-refractivity contribution in [3.63, 3.8) is 0 Å². The van der Waals surface area contributed by atoms with Crippen molar-refractivity contribution in [1.29, 1.82) is 0 Å². The lowest BCUT2D eigenvalue weighted by Crippen LogP contribution is -2.03. The number of aryl methyl sites for hydroxylation is 2. The molecule has 0 bridgehead atoms. The summed E-state index contributed by atoms with van der Waals surface area (Å²) in [6, 6.07) is 0. The average Bonchev–Trinajstić information content (AvgIpc) is 2.63. The van der Waals surface area contributed by atoms with Crippen molar-refractivity contribution in [2.24, 2.45) is 7.05 Å². The Morgan fingerprint density at radius 3 is 2.78 bits per heavy atom. The van der Waals surface area contributed by atoms with E-state index in [9.17, 15) is 0 Å². The summed E-state index contributed by atoms with van der Waals surface area (Å²) in [6.07, 6.45) is 9.13. The molecule has 0 atom stereocenters.